The van der Waals surface area contributed by atoms with Gasteiger partial charge in [0.2, 0.25) is 0 Å². The van der Waals surface area contributed by atoms with Gasteiger partial charge in [0.25, 0.3) is 0 Å². The second-order valence-corrected chi connectivity index (χ2v) is 3.72. The molecule has 0 bridgehead atoms. The van der Waals surface area contributed by atoms with Crippen LogP contribution in [0.3, 0.4) is 0 Å². The van der Waals surface area contributed by atoms with Crippen LogP contribution in [0.25, 0.3) is 0 Å². The lowest BCUT2D eigenvalue weighted by Gasteiger charge is -2.27. The van der Waals surface area contributed by atoms with E-state index in [4.69, 9.17) is 15.6 Å². The lowest BCUT2D eigenvalue weighted by atomic mass is 9.85. The largest absolute Gasteiger partial charge is 0.479 e. The molecule has 0 saturated heterocycles. The third-order valence-electron chi connectivity index (χ3n) is 2.66. The first-order valence-corrected chi connectivity index (χ1v) is 4.70. The molecule has 0 aliphatic rings. The van der Waals surface area contributed by atoms with Crippen LogP contribution in [0.1, 0.15) is 20.8 Å². The average molecular weight is 236 g/mol. The van der Waals surface area contributed by atoms with Crippen molar-refractivity contribution in [2.75, 3.05) is 0 Å². The van der Waals surface area contributed by atoms with Crippen LogP contribution >= 0.6 is 0 Å². The van der Waals surface area contributed by atoms with Gasteiger partial charge in [0.05, 0.1) is 0 Å². The summed E-state index contributed by atoms with van der Waals surface area (Å²) in [4.78, 5) is 29.6. The van der Waals surface area contributed by atoms with Crippen molar-refractivity contribution in [3.63, 3.8) is 0 Å². The van der Waals surface area contributed by atoms with Crippen LogP contribution in [0.5, 0.6) is 0 Å². The van der Waals surface area contributed by atoms with Gasteiger partial charge >= 0.3 is 5.97 Å². The van der Waals surface area contributed by atoms with E-state index >= 15 is 0 Å². The Bertz CT molecular complexity index is 226. The minimum atomic E-state index is -1.48. The fourth-order valence-corrected chi connectivity index (χ4v) is 1.46. The van der Waals surface area contributed by atoms with Crippen molar-refractivity contribution in [2.45, 2.75) is 33.0 Å². The second kappa shape index (κ2) is 6.54. The molecule has 0 rings (SSSR count). The van der Waals surface area contributed by atoms with Gasteiger partial charge in [-0.05, 0) is 12.8 Å². The van der Waals surface area contributed by atoms with Crippen molar-refractivity contribution >= 4 is 11.8 Å². The standard InChI is InChI=1S/C9H16O7/c1-4(7(15-13)6(3)10)5(2)8(16-14)9(11)12/h4-5,7-8,13-14H,1-3H3,(H,11,12). The molecule has 0 heterocycles. The minimum absolute atomic E-state index is 0.441. The molecule has 94 valence electrons. The first-order chi connectivity index (χ1) is 7.36. The van der Waals surface area contributed by atoms with Gasteiger partial charge in [-0.2, -0.15) is 0 Å². The predicted molar refractivity (Wildman–Crippen MR) is 51.6 cm³/mol. The molecule has 0 amide bonds. The number of carbonyl (C=O) groups is 2. The van der Waals surface area contributed by atoms with Crippen LogP contribution in [0, 0.1) is 11.8 Å². The van der Waals surface area contributed by atoms with E-state index in [1.54, 1.807) is 0 Å². The monoisotopic (exact) mass is 236 g/mol. The van der Waals surface area contributed by atoms with Gasteiger partial charge in [-0.25, -0.2) is 14.6 Å². The number of Topliss-reactive ketones (excluding diaryl/α,β-unsaturated/α-hetero) is 1. The predicted octanol–water partition coefficient (Wildman–Crippen LogP) is 0.649. The fourth-order valence-electron chi connectivity index (χ4n) is 1.46. The maximum Gasteiger partial charge on any atom is 0.336 e. The summed E-state index contributed by atoms with van der Waals surface area (Å²) in [5.74, 6) is -3.15. The zero-order valence-corrected chi connectivity index (χ0v) is 9.28. The van der Waals surface area contributed by atoms with E-state index in [1.165, 1.54) is 20.8 Å². The number of carboxylic acid groups (broad SMARTS) is 1. The molecule has 4 unspecified atom stereocenters. The SMILES string of the molecule is CC(=O)C(OO)C(C)C(C)C(OO)C(=O)O. The molecule has 0 aliphatic carbocycles. The van der Waals surface area contributed by atoms with E-state index < -0.39 is 35.8 Å². The van der Waals surface area contributed by atoms with Gasteiger partial charge < -0.3 is 5.11 Å². The summed E-state index contributed by atoms with van der Waals surface area (Å²) >= 11 is 0. The summed E-state index contributed by atoms with van der Waals surface area (Å²) < 4.78 is 0. The number of ketones is 1. The third kappa shape index (κ3) is 3.53. The molecule has 4 atom stereocenters. The molecule has 0 saturated carbocycles. The highest BCUT2D eigenvalue weighted by molar-refractivity contribution is 5.81. The van der Waals surface area contributed by atoms with E-state index in [0.29, 0.717) is 0 Å². The lowest BCUT2D eigenvalue weighted by Crippen LogP contribution is -2.41. The maximum atomic E-state index is 11.1. The highest BCUT2D eigenvalue weighted by atomic mass is 17.1. The van der Waals surface area contributed by atoms with Gasteiger partial charge in [0.1, 0.15) is 0 Å². The van der Waals surface area contributed by atoms with E-state index in [9.17, 15) is 9.59 Å². The van der Waals surface area contributed by atoms with Crippen LogP contribution in [0.2, 0.25) is 0 Å². The van der Waals surface area contributed by atoms with Crippen molar-refractivity contribution in [1.82, 2.24) is 0 Å². The summed E-state index contributed by atoms with van der Waals surface area (Å²) in [5.41, 5.74) is 0. The van der Waals surface area contributed by atoms with E-state index in [2.05, 4.69) is 9.78 Å². The Hall–Kier alpha value is -1.02. The molecule has 0 spiro atoms. The molecular formula is C9H16O7. The van der Waals surface area contributed by atoms with Crippen LogP contribution in [0.15, 0.2) is 0 Å². The molecule has 16 heavy (non-hydrogen) atoms. The third-order valence-corrected chi connectivity index (χ3v) is 2.66. The Morgan fingerprint density at radius 2 is 1.38 bits per heavy atom. The normalized spacial score (nSPS) is 18.6. The molecule has 3 N–H and O–H groups in total. The first-order valence-electron chi connectivity index (χ1n) is 4.70. The quantitative estimate of drug-likeness (QED) is 0.439. The van der Waals surface area contributed by atoms with Crippen molar-refractivity contribution < 1.29 is 35.0 Å². The summed E-state index contributed by atoms with van der Waals surface area (Å²) in [6.07, 6.45) is -2.63. The maximum absolute atomic E-state index is 11.1. The molecule has 0 aromatic carbocycles. The van der Waals surface area contributed by atoms with Crippen molar-refractivity contribution in [3.05, 3.63) is 0 Å². The fraction of sp³-hybridized carbons (Fsp3) is 0.778. The Balaban J connectivity index is 4.74. The molecule has 7 nitrogen and oxygen atoms in total. The number of hydrogen-bond acceptors (Lipinski definition) is 6. The Labute approximate surface area is 92.5 Å². The van der Waals surface area contributed by atoms with Crippen LogP contribution < -0.4 is 0 Å². The Kier molecular flexibility index (Phi) is 6.12. The van der Waals surface area contributed by atoms with E-state index in [1.807, 2.05) is 0 Å². The van der Waals surface area contributed by atoms with Crippen molar-refractivity contribution in [3.8, 4) is 0 Å². The highest BCUT2D eigenvalue weighted by Gasteiger charge is 2.36. The summed E-state index contributed by atoms with van der Waals surface area (Å²) in [6.45, 7) is 4.19. The zero-order chi connectivity index (χ0) is 12.9. The molecule has 0 fully saturated rings. The van der Waals surface area contributed by atoms with Gasteiger partial charge in [0.15, 0.2) is 18.0 Å². The van der Waals surface area contributed by atoms with E-state index in [0.717, 1.165) is 0 Å². The summed E-state index contributed by atoms with van der Waals surface area (Å²) in [6, 6.07) is 0. The summed E-state index contributed by atoms with van der Waals surface area (Å²) in [5, 5.41) is 25.7. The van der Waals surface area contributed by atoms with Gasteiger partial charge in [-0.15, -0.1) is 0 Å². The van der Waals surface area contributed by atoms with Crippen molar-refractivity contribution in [1.29, 1.82) is 0 Å². The van der Waals surface area contributed by atoms with Crippen molar-refractivity contribution in [2.24, 2.45) is 11.8 Å². The number of rotatable bonds is 7. The highest BCUT2D eigenvalue weighted by Crippen LogP contribution is 2.23. The van der Waals surface area contributed by atoms with Crippen LogP contribution in [-0.2, 0) is 19.4 Å². The van der Waals surface area contributed by atoms with Crippen LogP contribution in [0.4, 0.5) is 0 Å². The molecule has 0 aromatic rings. The van der Waals surface area contributed by atoms with Gasteiger partial charge in [-0.3, -0.25) is 15.3 Å². The molecular weight excluding hydrogens is 220 g/mol. The van der Waals surface area contributed by atoms with Gasteiger partial charge in [-0.1, -0.05) is 13.8 Å². The minimum Gasteiger partial charge on any atom is -0.479 e. The molecule has 0 aliphatic heterocycles. The lowest BCUT2D eigenvalue weighted by molar-refractivity contribution is -0.305. The number of carboxylic acids is 1. The number of aliphatic carboxylic acids is 1. The Morgan fingerprint density at radius 1 is 1.00 bits per heavy atom. The topological polar surface area (TPSA) is 113 Å². The smallest absolute Gasteiger partial charge is 0.336 e. The molecule has 0 aromatic heterocycles. The molecule has 0 radical (unpaired) electrons. The number of hydrogen-bond donors (Lipinski definition) is 3. The van der Waals surface area contributed by atoms with Crippen LogP contribution in [-0.4, -0.2) is 39.6 Å². The zero-order valence-electron chi connectivity index (χ0n) is 9.28. The first kappa shape index (κ1) is 15.0. The second-order valence-electron chi connectivity index (χ2n) is 3.72. The summed E-state index contributed by atoms with van der Waals surface area (Å²) in [7, 11) is 0. The Morgan fingerprint density at radius 3 is 1.62 bits per heavy atom. The van der Waals surface area contributed by atoms with Gasteiger partial charge in [0, 0.05) is 5.92 Å². The van der Waals surface area contributed by atoms with E-state index in [-0.39, 0.29) is 0 Å². The molecule has 7 heteroatoms. The number of carbonyl (C=O) groups excluding carboxylic acids is 1. The average Bonchev–Trinajstić information content (AvgIpc) is 2.18.